The van der Waals surface area contributed by atoms with Crippen LogP contribution in [0.5, 0.6) is 11.5 Å². The number of carbonyl (C=O) groups excluding carboxylic acids is 1. The van der Waals surface area contributed by atoms with Crippen molar-refractivity contribution in [3.8, 4) is 11.5 Å². The second-order valence-electron chi connectivity index (χ2n) is 6.77. The fraction of sp³-hybridized carbons (Fsp3) is 0.167. The van der Waals surface area contributed by atoms with Gasteiger partial charge in [0.1, 0.15) is 6.61 Å². The van der Waals surface area contributed by atoms with Crippen LogP contribution in [0.2, 0.25) is 5.02 Å². The van der Waals surface area contributed by atoms with Gasteiger partial charge < -0.3 is 9.47 Å². The van der Waals surface area contributed by atoms with E-state index in [2.05, 4.69) is 42.4 Å². The van der Waals surface area contributed by atoms with Crippen molar-refractivity contribution in [2.75, 3.05) is 6.61 Å². The van der Waals surface area contributed by atoms with E-state index < -0.39 is 0 Å². The third-order valence-electron chi connectivity index (χ3n) is 4.31. The van der Waals surface area contributed by atoms with Gasteiger partial charge in [0, 0.05) is 9.50 Å². The Bertz CT molecular complexity index is 1090. The maximum absolute atomic E-state index is 12.1. The molecule has 3 rings (SSSR count). The van der Waals surface area contributed by atoms with Gasteiger partial charge in [0.15, 0.2) is 11.5 Å². The lowest BCUT2D eigenvalue weighted by molar-refractivity contribution is -0.120. The summed E-state index contributed by atoms with van der Waals surface area (Å²) in [5.41, 5.74) is 5.19. The van der Waals surface area contributed by atoms with Crippen molar-refractivity contribution in [2.45, 2.75) is 20.0 Å². The molecule has 0 fully saturated rings. The Kier molecular flexibility index (Phi) is 9.14. The van der Waals surface area contributed by atoms with Crippen molar-refractivity contribution in [3.63, 3.8) is 0 Å². The normalized spacial score (nSPS) is 10.9. The number of hydrogen-bond acceptors (Lipinski definition) is 4. The fourth-order valence-electron chi connectivity index (χ4n) is 2.81. The first-order valence-corrected chi connectivity index (χ1v) is 11.8. The highest BCUT2D eigenvalue weighted by Gasteiger charge is 2.12. The summed E-state index contributed by atoms with van der Waals surface area (Å²) in [5.74, 6) is 0.980. The number of nitrogens with one attached hydrogen (secondary N) is 1. The van der Waals surface area contributed by atoms with Crippen LogP contribution in [0.3, 0.4) is 0 Å². The lowest BCUT2D eigenvalue weighted by Crippen LogP contribution is -2.19. The third-order valence-corrected chi connectivity index (χ3v) is 5.68. The Morgan fingerprint density at radius 1 is 1.03 bits per heavy atom. The quantitative estimate of drug-likeness (QED) is 0.231. The molecule has 0 radical (unpaired) electrons. The predicted octanol–water partition coefficient (Wildman–Crippen LogP) is 6.54. The number of ether oxygens (including phenoxy) is 2. The van der Waals surface area contributed by atoms with Crippen LogP contribution in [0.1, 0.15) is 23.6 Å². The lowest BCUT2D eigenvalue weighted by atomic mass is 10.1. The smallest absolute Gasteiger partial charge is 0.244 e. The SMILES string of the molecule is CCOc1cc(/C=N/NC(=O)Cc2ccc(Cl)cc2)cc(Br)c1OCc1ccc(Br)cc1. The fourth-order valence-corrected chi connectivity index (χ4v) is 3.77. The van der Waals surface area contributed by atoms with Gasteiger partial charge >= 0.3 is 0 Å². The van der Waals surface area contributed by atoms with Crippen molar-refractivity contribution in [3.05, 3.63) is 91.3 Å². The van der Waals surface area contributed by atoms with Gasteiger partial charge in [-0.2, -0.15) is 5.10 Å². The van der Waals surface area contributed by atoms with Gasteiger partial charge in [0.05, 0.1) is 23.7 Å². The summed E-state index contributed by atoms with van der Waals surface area (Å²) in [7, 11) is 0. The minimum absolute atomic E-state index is 0.214. The molecule has 8 heteroatoms. The number of hydrogen-bond donors (Lipinski definition) is 1. The van der Waals surface area contributed by atoms with Crippen molar-refractivity contribution in [1.29, 1.82) is 0 Å². The highest BCUT2D eigenvalue weighted by molar-refractivity contribution is 9.10. The molecule has 5 nitrogen and oxygen atoms in total. The topological polar surface area (TPSA) is 59.9 Å². The Morgan fingerprint density at radius 3 is 2.41 bits per heavy atom. The molecule has 166 valence electrons. The molecule has 0 spiro atoms. The van der Waals surface area contributed by atoms with Gasteiger partial charge in [-0.3, -0.25) is 4.79 Å². The first kappa shape index (κ1) is 24.3. The first-order valence-electron chi connectivity index (χ1n) is 9.84. The van der Waals surface area contributed by atoms with Crippen LogP contribution in [0.4, 0.5) is 0 Å². The van der Waals surface area contributed by atoms with Crippen LogP contribution >= 0.6 is 43.5 Å². The van der Waals surface area contributed by atoms with Crippen molar-refractivity contribution < 1.29 is 14.3 Å². The second-order valence-corrected chi connectivity index (χ2v) is 8.98. The van der Waals surface area contributed by atoms with Crippen LogP contribution < -0.4 is 14.9 Å². The number of rotatable bonds is 9. The maximum Gasteiger partial charge on any atom is 0.244 e. The molecule has 0 saturated carbocycles. The third kappa shape index (κ3) is 7.36. The molecule has 0 aliphatic heterocycles. The van der Waals surface area contributed by atoms with Crippen LogP contribution in [0.15, 0.2) is 74.7 Å². The van der Waals surface area contributed by atoms with Crippen molar-refractivity contribution >= 4 is 55.6 Å². The summed E-state index contributed by atoms with van der Waals surface area (Å²) in [4.78, 5) is 12.1. The van der Waals surface area contributed by atoms with E-state index >= 15 is 0 Å². The zero-order chi connectivity index (χ0) is 22.9. The summed E-state index contributed by atoms with van der Waals surface area (Å²) >= 11 is 12.8. The van der Waals surface area contributed by atoms with Crippen LogP contribution in [0.25, 0.3) is 0 Å². The predicted molar refractivity (Wildman–Crippen MR) is 135 cm³/mol. The molecule has 0 unspecified atom stereocenters. The standard InChI is InChI=1S/C24H21Br2ClN2O3/c1-2-31-22-12-18(14-28-29-23(30)13-16-5-9-20(27)10-6-16)11-21(26)24(22)32-15-17-3-7-19(25)8-4-17/h3-12,14H,2,13,15H2,1H3,(H,29,30)/b28-14+. The van der Waals surface area contributed by atoms with E-state index in [1.54, 1.807) is 18.3 Å². The molecule has 3 aromatic rings. The van der Waals surface area contributed by atoms with Crippen LogP contribution in [0, 0.1) is 0 Å². The number of nitrogens with zero attached hydrogens (tertiary/aromatic N) is 1. The summed E-state index contributed by atoms with van der Waals surface area (Å²) in [6, 6.07) is 18.7. The molecule has 1 amide bonds. The summed E-state index contributed by atoms with van der Waals surface area (Å²) in [6.45, 7) is 2.80. The molecule has 3 aromatic carbocycles. The van der Waals surface area contributed by atoms with E-state index in [-0.39, 0.29) is 12.3 Å². The van der Waals surface area contributed by atoms with Crippen molar-refractivity contribution in [1.82, 2.24) is 5.43 Å². The zero-order valence-electron chi connectivity index (χ0n) is 17.3. The molecule has 0 aromatic heterocycles. The summed E-state index contributed by atoms with van der Waals surface area (Å²) < 4.78 is 13.5. The number of hydrazone groups is 1. The average molecular weight is 581 g/mol. The monoisotopic (exact) mass is 578 g/mol. The Balaban J connectivity index is 1.65. The summed E-state index contributed by atoms with van der Waals surface area (Å²) in [6.07, 6.45) is 1.77. The van der Waals surface area contributed by atoms with E-state index in [0.717, 1.165) is 25.6 Å². The first-order chi connectivity index (χ1) is 15.4. The highest BCUT2D eigenvalue weighted by Crippen LogP contribution is 2.37. The molecule has 0 saturated heterocycles. The molecule has 0 heterocycles. The molecule has 0 atom stereocenters. The molecule has 1 N–H and O–H groups in total. The number of halogens is 3. The number of benzene rings is 3. The van der Waals surface area contributed by atoms with Gasteiger partial charge in [-0.05, 0) is 75.9 Å². The molecule has 0 bridgehead atoms. The van der Waals surface area contributed by atoms with E-state index in [9.17, 15) is 4.79 Å². The molecular formula is C24H21Br2ClN2O3. The largest absolute Gasteiger partial charge is 0.490 e. The minimum atomic E-state index is -0.220. The van der Waals surface area contributed by atoms with Crippen LogP contribution in [-0.4, -0.2) is 18.7 Å². The van der Waals surface area contributed by atoms with Gasteiger partial charge in [-0.25, -0.2) is 5.43 Å². The Hall–Kier alpha value is -2.35. The zero-order valence-corrected chi connectivity index (χ0v) is 21.2. The van der Waals surface area contributed by atoms with Gasteiger partial charge in [-0.1, -0.05) is 51.8 Å². The van der Waals surface area contributed by atoms with E-state index in [1.807, 2.05) is 55.5 Å². The summed E-state index contributed by atoms with van der Waals surface area (Å²) in [5, 5.41) is 4.69. The van der Waals surface area contributed by atoms with E-state index in [4.69, 9.17) is 21.1 Å². The lowest BCUT2D eigenvalue weighted by Gasteiger charge is -2.14. The number of amides is 1. The average Bonchev–Trinajstić information content (AvgIpc) is 2.76. The van der Waals surface area contributed by atoms with E-state index in [1.165, 1.54) is 0 Å². The van der Waals surface area contributed by atoms with Gasteiger partial charge in [0.2, 0.25) is 5.91 Å². The van der Waals surface area contributed by atoms with Crippen molar-refractivity contribution in [2.24, 2.45) is 5.10 Å². The van der Waals surface area contributed by atoms with Crippen LogP contribution in [-0.2, 0) is 17.8 Å². The highest BCUT2D eigenvalue weighted by atomic mass is 79.9. The van der Waals surface area contributed by atoms with E-state index in [0.29, 0.717) is 29.7 Å². The second kappa shape index (κ2) is 12.0. The molecular weight excluding hydrogens is 560 g/mol. The molecule has 0 aliphatic rings. The molecule has 0 aliphatic carbocycles. The van der Waals surface area contributed by atoms with Gasteiger partial charge in [-0.15, -0.1) is 0 Å². The Morgan fingerprint density at radius 2 is 1.72 bits per heavy atom. The maximum atomic E-state index is 12.1. The van der Waals surface area contributed by atoms with Gasteiger partial charge in [0.25, 0.3) is 0 Å². The Labute approximate surface area is 209 Å². The number of carbonyl (C=O) groups is 1. The minimum Gasteiger partial charge on any atom is -0.490 e. The molecule has 32 heavy (non-hydrogen) atoms.